The molecule has 1 rings (SSSR count). The summed E-state index contributed by atoms with van der Waals surface area (Å²) < 4.78 is 5.08. The lowest BCUT2D eigenvalue weighted by atomic mass is 10.1. The van der Waals surface area contributed by atoms with Crippen LogP contribution < -0.4 is 5.32 Å². The van der Waals surface area contributed by atoms with Crippen LogP contribution in [0.3, 0.4) is 0 Å². The molecule has 0 radical (unpaired) electrons. The number of hydrogen-bond donors (Lipinski definition) is 3. The second-order valence-electron chi connectivity index (χ2n) is 3.49. The second kappa shape index (κ2) is 6.05. The summed E-state index contributed by atoms with van der Waals surface area (Å²) in [6, 6.07) is 0.401. The summed E-state index contributed by atoms with van der Waals surface area (Å²) in [5.74, 6) is -1.17. The van der Waals surface area contributed by atoms with E-state index in [1.807, 2.05) is 6.92 Å². The molecule has 0 unspecified atom stereocenters. The highest BCUT2D eigenvalue weighted by atomic mass is 16.4. The van der Waals surface area contributed by atoms with E-state index in [4.69, 9.17) is 14.6 Å². The molecule has 0 saturated heterocycles. The Morgan fingerprint density at radius 1 is 1.53 bits per heavy atom. The highest BCUT2D eigenvalue weighted by Crippen LogP contribution is 2.11. The summed E-state index contributed by atoms with van der Waals surface area (Å²) in [5.41, 5.74) is 0.330. The first-order valence-electron chi connectivity index (χ1n) is 5.31. The number of rotatable bonds is 6. The van der Waals surface area contributed by atoms with Gasteiger partial charge in [-0.15, -0.1) is 0 Å². The molecule has 0 aliphatic heterocycles. The van der Waals surface area contributed by atoms with Gasteiger partial charge in [0.25, 0.3) is 5.91 Å². The highest BCUT2D eigenvalue weighted by Gasteiger charge is 2.22. The molecular weight excluding hydrogens is 226 g/mol. The topological polar surface area (TPSA) is 99.8 Å². The summed E-state index contributed by atoms with van der Waals surface area (Å²) in [6.07, 6.45) is 1.91. The maximum absolute atomic E-state index is 11.8. The van der Waals surface area contributed by atoms with E-state index >= 15 is 0 Å². The Labute approximate surface area is 98.2 Å². The Bertz CT molecular complexity index is 398. The number of aryl methyl sites for hydroxylation is 1. The van der Waals surface area contributed by atoms with Crippen LogP contribution in [0.5, 0.6) is 0 Å². The van der Waals surface area contributed by atoms with Crippen LogP contribution >= 0.6 is 0 Å². The number of hydrogen-bond acceptors (Lipinski definition) is 4. The van der Waals surface area contributed by atoms with Crippen LogP contribution in [0.15, 0.2) is 16.7 Å². The van der Waals surface area contributed by atoms with Gasteiger partial charge in [-0.25, -0.2) is 4.79 Å². The first-order valence-corrected chi connectivity index (χ1v) is 5.31. The van der Waals surface area contributed by atoms with Crippen molar-refractivity contribution in [3.63, 3.8) is 0 Å². The smallest absolute Gasteiger partial charge is 0.326 e. The molecule has 1 atom stereocenters. The first-order chi connectivity index (χ1) is 8.10. The van der Waals surface area contributed by atoms with Crippen molar-refractivity contribution >= 4 is 11.9 Å². The van der Waals surface area contributed by atoms with E-state index in [0.29, 0.717) is 17.7 Å². The molecule has 0 aliphatic carbocycles. The fourth-order valence-electron chi connectivity index (χ4n) is 1.44. The molecule has 0 aromatic carbocycles. The predicted octanol–water partition coefficient (Wildman–Crippen LogP) is 0.407. The quantitative estimate of drug-likeness (QED) is 0.669. The van der Waals surface area contributed by atoms with Crippen LogP contribution in [0.25, 0.3) is 0 Å². The second-order valence-corrected chi connectivity index (χ2v) is 3.49. The third-order valence-corrected chi connectivity index (χ3v) is 2.33. The van der Waals surface area contributed by atoms with Crippen LogP contribution in [0.4, 0.5) is 0 Å². The Balaban J connectivity index is 2.73. The molecule has 1 aromatic rings. The largest absolute Gasteiger partial charge is 0.480 e. The van der Waals surface area contributed by atoms with Gasteiger partial charge in [0.2, 0.25) is 0 Å². The molecule has 6 nitrogen and oxygen atoms in total. The maximum atomic E-state index is 11.8. The van der Waals surface area contributed by atoms with Crippen LogP contribution in [-0.2, 0) is 11.2 Å². The van der Waals surface area contributed by atoms with E-state index in [2.05, 4.69) is 5.32 Å². The summed E-state index contributed by atoms with van der Waals surface area (Å²) >= 11 is 0. The number of aliphatic hydroxyl groups is 1. The summed E-state index contributed by atoms with van der Waals surface area (Å²) in [5, 5.41) is 19.9. The number of amides is 1. The average molecular weight is 241 g/mol. The van der Waals surface area contributed by atoms with E-state index in [1.165, 1.54) is 12.3 Å². The van der Waals surface area contributed by atoms with Crippen molar-refractivity contribution in [1.82, 2.24) is 5.32 Å². The van der Waals surface area contributed by atoms with E-state index in [0.717, 1.165) is 0 Å². The van der Waals surface area contributed by atoms with Gasteiger partial charge < -0.3 is 19.9 Å². The summed E-state index contributed by atoms with van der Waals surface area (Å²) in [6.45, 7) is 1.53. The molecule has 17 heavy (non-hydrogen) atoms. The van der Waals surface area contributed by atoms with Crippen LogP contribution in [0, 0.1) is 0 Å². The Hall–Kier alpha value is -1.82. The van der Waals surface area contributed by atoms with Crippen molar-refractivity contribution in [3.8, 4) is 0 Å². The minimum Gasteiger partial charge on any atom is -0.480 e. The third-order valence-electron chi connectivity index (χ3n) is 2.33. The zero-order chi connectivity index (χ0) is 12.8. The van der Waals surface area contributed by atoms with E-state index < -0.39 is 17.9 Å². The van der Waals surface area contributed by atoms with Gasteiger partial charge in [-0.1, -0.05) is 6.92 Å². The number of carbonyl (C=O) groups is 2. The predicted molar refractivity (Wildman–Crippen MR) is 58.7 cm³/mol. The Morgan fingerprint density at radius 2 is 2.24 bits per heavy atom. The number of furan rings is 1. The molecule has 0 fully saturated rings. The molecule has 1 heterocycles. The zero-order valence-electron chi connectivity index (χ0n) is 9.47. The number of aliphatic carboxylic acids is 1. The van der Waals surface area contributed by atoms with Crippen molar-refractivity contribution in [2.45, 2.75) is 25.8 Å². The highest BCUT2D eigenvalue weighted by molar-refractivity contribution is 5.97. The van der Waals surface area contributed by atoms with E-state index in [9.17, 15) is 9.59 Å². The molecule has 0 spiro atoms. The number of carboxylic acid groups (broad SMARTS) is 1. The van der Waals surface area contributed by atoms with Crippen LogP contribution in [0.2, 0.25) is 0 Å². The van der Waals surface area contributed by atoms with Gasteiger partial charge in [0.1, 0.15) is 11.8 Å². The van der Waals surface area contributed by atoms with Crippen LogP contribution in [0.1, 0.15) is 29.5 Å². The Morgan fingerprint density at radius 3 is 2.76 bits per heavy atom. The molecule has 0 aliphatic rings. The minimum atomic E-state index is -1.17. The monoisotopic (exact) mass is 241 g/mol. The lowest BCUT2D eigenvalue weighted by Gasteiger charge is -2.12. The lowest BCUT2D eigenvalue weighted by Crippen LogP contribution is -2.41. The van der Waals surface area contributed by atoms with Gasteiger partial charge >= 0.3 is 5.97 Å². The fraction of sp³-hybridized carbons (Fsp3) is 0.455. The molecule has 6 heteroatoms. The molecule has 1 aromatic heterocycles. The normalized spacial score (nSPS) is 12.1. The van der Waals surface area contributed by atoms with Crippen molar-refractivity contribution in [2.75, 3.05) is 6.61 Å². The number of nitrogens with one attached hydrogen (secondary N) is 1. The summed E-state index contributed by atoms with van der Waals surface area (Å²) in [4.78, 5) is 22.6. The van der Waals surface area contributed by atoms with Gasteiger partial charge in [-0.2, -0.15) is 0 Å². The molecule has 0 bridgehead atoms. The van der Waals surface area contributed by atoms with Gasteiger partial charge in [0, 0.05) is 19.4 Å². The SMILES string of the molecule is CCc1occc1C(=O)N[C@@H](CCO)C(=O)O. The number of carbonyl (C=O) groups excluding carboxylic acids is 1. The van der Waals surface area contributed by atoms with Gasteiger partial charge in [0.05, 0.1) is 11.8 Å². The van der Waals surface area contributed by atoms with Crippen molar-refractivity contribution in [3.05, 3.63) is 23.7 Å². The summed E-state index contributed by atoms with van der Waals surface area (Å²) in [7, 11) is 0. The van der Waals surface area contributed by atoms with Gasteiger partial charge in [0.15, 0.2) is 0 Å². The Kier molecular flexibility index (Phi) is 4.71. The molecule has 1 amide bonds. The first kappa shape index (κ1) is 13.2. The molecule has 0 saturated carbocycles. The van der Waals surface area contributed by atoms with E-state index in [-0.39, 0.29) is 13.0 Å². The molecular formula is C11H15NO5. The zero-order valence-corrected chi connectivity index (χ0v) is 9.47. The standard InChI is InChI=1S/C11H15NO5/c1-2-9-7(4-6-17-9)10(14)12-8(3-5-13)11(15)16/h4,6,8,13H,2-3,5H2,1H3,(H,12,14)(H,15,16)/t8-/m0/s1. The maximum Gasteiger partial charge on any atom is 0.326 e. The average Bonchev–Trinajstić information content (AvgIpc) is 2.76. The molecule has 3 N–H and O–H groups in total. The molecule has 94 valence electrons. The van der Waals surface area contributed by atoms with Crippen molar-refractivity contribution in [1.29, 1.82) is 0 Å². The van der Waals surface area contributed by atoms with Crippen molar-refractivity contribution in [2.24, 2.45) is 0 Å². The fourth-order valence-corrected chi connectivity index (χ4v) is 1.44. The van der Waals surface area contributed by atoms with Gasteiger partial charge in [-0.05, 0) is 6.07 Å². The van der Waals surface area contributed by atoms with Crippen LogP contribution in [-0.4, -0.2) is 34.7 Å². The third kappa shape index (κ3) is 3.32. The minimum absolute atomic E-state index is 0.0274. The van der Waals surface area contributed by atoms with Gasteiger partial charge in [-0.3, -0.25) is 4.79 Å². The number of carboxylic acids is 1. The number of aliphatic hydroxyl groups excluding tert-OH is 1. The lowest BCUT2D eigenvalue weighted by molar-refractivity contribution is -0.139. The van der Waals surface area contributed by atoms with Crippen molar-refractivity contribution < 1.29 is 24.2 Å². The van der Waals surface area contributed by atoms with E-state index in [1.54, 1.807) is 0 Å².